The predicted octanol–water partition coefficient (Wildman–Crippen LogP) is 0.173. The molecule has 3 heteroatoms. The Labute approximate surface area is 41.2 Å². The molecule has 0 saturated carbocycles. The summed E-state index contributed by atoms with van der Waals surface area (Å²) in [6.45, 7) is 0. The fourth-order valence-corrected chi connectivity index (χ4v) is 0.459. The van der Waals surface area contributed by atoms with E-state index in [1.165, 1.54) is 0 Å². The molecule has 0 aromatic carbocycles. The second-order valence-electron chi connectivity index (χ2n) is 1.03. The third-order valence-electron chi connectivity index (χ3n) is 0.568. The molecule has 2 N–H and O–H groups in total. The lowest BCUT2D eigenvalue weighted by Crippen LogP contribution is -2.22. The van der Waals surface area contributed by atoms with E-state index in [9.17, 15) is 0 Å². The Morgan fingerprint density at radius 1 is 1.33 bits per heavy atom. The molecule has 0 spiro atoms. The number of hydrogen-bond acceptors (Lipinski definition) is 2. The van der Waals surface area contributed by atoms with Crippen molar-refractivity contribution < 1.29 is 0 Å². The molecule has 2 nitrogen and oxygen atoms in total. The van der Waals surface area contributed by atoms with E-state index in [1.54, 1.807) is 12.4 Å². The van der Waals surface area contributed by atoms with Crippen LogP contribution in [-0.4, -0.2) is 5.62 Å². The van der Waals surface area contributed by atoms with Gasteiger partial charge in [0.25, 0.3) is 0 Å². The Balaban J connectivity index is 2.32. The van der Waals surface area contributed by atoms with Crippen LogP contribution in [0.25, 0.3) is 0 Å². The Hall–Kier alpha value is -0.370. The summed E-state index contributed by atoms with van der Waals surface area (Å²) in [7, 11) is 0. The molecule has 1 rings (SSSR count). The monoisotopic (exact) mass is 104 g/mol. The minimum Gasteiger partial charge on any atom is -0.358 e. The highest BCUT2D eigenvalue weighted by molar-refractivity contribution is 6.20. The first-order chi connectivity index (χ1) is 2.89. The number of hydrogen-bond donors (Lipinski definition) is 2. The molecule has 0 unspecified atom stereocenters. The van der Waals surface area contributed by atoms with Crippen molar-refractivity contribution in [3.63, 3.8) is 0 Å². The van der Waals surface area contributed by atoms with Gasteiger partial charge in [0.1, 0.15) is 0 Å². The van der Waals surface area contributed by atoms with E-state index in [-0.39, 0.29) is 5.62 Å². The summed E-state index contributed by atoms with van der Waals surface area (Å²) in [5.74, 6) is 0. The zero-order valence-corrected chi connectivity index (χ0v) is 3.87. The van der Waals surface area contributed by atoms with Gasteiger partial charge in [-0.2, -0.15) is 0 Å². The van der Waals surface area contributed by atoms with Crippen LogP contribution in [0.4, 0.5) is 0 Å². The maximum atomic E-state index is 5.43. The van der Waals surface area contributed by atoms with Crippen molar-refractivity contribution >= 4 is 11.6 Å². The third-order valence-corrected chi connectivity index (χ3v) is 0.820. The van der Waals surface area contributed by atoms with E-state index >= 15 is 0 Å². The van der Waals surface area contributed by atoms with Gasteiger partial charge in [-0.05, 0) is 0 Å². The van der Waals surface area contributed by atoms with Crippen molar-refractivity contribution in [3.05, 3.63) is 12.4 Å². The van der Waals surface area contributed by atoms with Gasteiger partial charge >= 0.3 is 0 Å². The van der Waals surface area contributed by atoms with E-state index in [1.807, 2.05) is 0 Å². The van der Waals surface area contributed by atoms with Crippen molar-refractivity contribution in [2.24, 2.45) is 0 Å². The zero-order valence-electron chi connectivity index (χ0n) is 3.11. The highest BCUT2D eigenvalue weighted by Gasteiger charge is 1.97. The molecule has 0 aromatic heterocycles. The van der Waals surface area contributed by atoms with Gasteiger partial charge in [0.15, 0.2) is 5.62 Å². The van der Waals surface area contributed by atoms with Crippen molar-refractivity contribution in [3.8, 4) is 0 Å². The third kappa shape index (κ3) is 0.571. The maximum Gasteiger partial charge on any atom is 0.174 e. The summed E-state index contributed by atoms with van der Waals surface area (Å²) >= 11 is 5.43. The molecule has 1 aliphatic heterocycles. The molecular formula is C3H5ClN2. The Bertz CT molecular complexity index is 63.2. The Morgan fingerprint density at radius 2 is 1.83 bits per heavy atom. The standard InChI is InChI=1S/C3H5ClN2/c4-3-5-1-2-6-3/h1-3,5-6H. The Kier molecular flexibility index (Phi) is 0.881. The molecule has 0 atom stereocenters. The van der Waals surface area contributed by atoms with Gasteiger partial charge in [0.05, 0.1) is 0 Å². The van der Waals surface area contributed by atoms with Crippen LogP contribution in [-0.2, 0) is 0 Å². The van der Waals surface area contributed by atoms with Crippen LogP contribution in [0.2, 0.25) is 0 Å². The van der Waals surface area contributed by atoms with Crippen LogP contribution in [0.1, 0.15) is 0 Å². The minimum atomic E-state index is -0.0926. The zero-order chi connectivity index (χ0) is 4.41. The van der Waals surface area contributed by atoms with Crippen LogP contribution in [0.15, 0.2) is 12.4 Å². The first-order valence-electron chi connectivity index (χ1n) is 1.71. The van der Waals surface area contributed by atoms with Crippen LogP contribution in [0, 0.1) is 0 Å². The van der Waals surface area contributed by atoms with Crippen molar-refractivity contribution in [1.29, 1.82) is 0 Å². The molecule has 0 amide bonds. The topological polar surface area (TPSA) is 24.1 Å². The molecule has 1 aliphatic rings. The summed E-state index contributed by atoms with van der Waals surface area (Å²) in [5.41, 5.74) is -0.0926. The van der Waals surface area contributed by atoms with Crippen molar-refractivity contribution in [2.75, 3.05) is 0 Å². The van der Waals surface area contributed by atoms with E-state index in [4.69, 9.17) is 11.6 Å². The summed E-state index contributed by atoms with van der Waals surface area (Å²) < 4.78 is 0. The highest BCUT2D eigenvalue weighted by Crippen LogP contribution is 1.88. The molecule has 0 aliphatic carbocycles. The first-order valence-corrected chi connectivity index (χ1v) is 2.14. The molecule has 1 heterocycles. The SMILES string of the molecule is ClC1NC=CN1. The minimum absolute atomic E-state index is 0.0926. The van der Waals surface area contributed by atoms with Crippen LogP contribution in [0.5, 0.6) is 0 Å². The first kappa shape index (κ1) is 3.81. The van der Waals surface area contributed by atoms with E-state index in [0.29, 0.717) is 0 Å². The van der Waals surface area contributed by atoms with E-state index < -0.39 is 0 Å². The van der Waals surface area contributed by atoms with E-state index in [0.717, 1.165) is 0 Å². The highest BCUT2D eigenvalue weighted by atomic mass is 35.5. The molecule has 6 heavy (non-hydrogen) atoms. The van der Waals surface area contributed by atoms with Gasteiger partial charge in [0.2, 0.25) is 0 Å². The average Bonchev–Trinajstić information content (AvgIpc) is 1.86. The number of halogens is 1. The molecule has 34 valence electrons. The van der Waals surface area contributed by atoms with E-state index in [2.05, 4.69) is 10.6 Å². The van der Waals surface area contributed by atoms with Gasteiger partial charge in [-0.25, -0.2) is 0 Å². The number of nitrogens with one attached hydrogen (secondary N) is 2. The molecule has 0 saturated heterocycles. The molecule has 0 fully saturated rings. The lowest BCUT2D eigenvalue weighted by atomic mass is 11.0. The summed E-state index contributed by atoms with van der Waals surface area (Å²) in [5, 5.41) is 5.59. The molecule has 0 bridgehead atoms. The quantitative estimate of drug-likeness (QED) is 0.338. The van der Waals surface area contributed by atoms with Crippen LogP contribution in [0.3, 0.4) is 0 Å². The predicted molar refractivity (Wildman–Crippen MR) is 25.1 cm³/mol. The fraction of sp³-hybridized carbons (Fsp3) is 0.333. The molecule has 0 aromatic rings. The van der Waals surface area contributed by atoms with Gasteiger partial charge in [-0.3, -0.25) is 0 Å². The normalized spacial score (nSPS) is 20.2. The lowest BCUT2D eigenvalue weighted by Gasteiger charge is -1.97. The maximum absolute atomic E-state index is 5.43. The van der Waals surface area contributed by atoms with Crippen molar-refractivity contribution in [1.82, 2.24) is 10.6 Å². The second-order valence-corrected chi connectivity index (χ2v) is 1.47. The summed E-state index contributed by atoms with van der Waals surface area (Å²) in [6, 6.07) is 0. The van der Waals surface area contributed by atoms with Crippen LogP contribution >= 0.6 is 11.6 Å². The van der Waals surface area contributed by atoms with Gasteiger partial charge in [-0.1, -0.05) is 11.6 Å². The van der Waals surface area contributed by atoms with Gasteiger partial charge < -0.3 is 10.6 Å². The second kappa shape index (κ2) is 1.39. The fourth-order valence-electron chi connectivity index (χ4n) is 0.313. The average molecular weight is 105 g/mol. The number of alkyl halides is 1. The largest absolute Gasteiger partial charge is 0.358 e. The Morgan fingerprint density at radius 3 is 2.00 bits per heavy atom. The number of rotatable bonds is 0. The van der Waals surface area contributed by atoms with Crippen molar-refractivity contribution in [2.45, 2.75) is 5.62 Å². The van der Waals surface area contributed by atoms with Gasteiger partial charge in [0, 0.05) is 12.4 Å². The molecule has 0 radical (unpaired) electrons. The van der Waals surface area contributed by atoms with Crippen LogP contribution < -0.4 is 10.6 Å². The smallest absolute Gasteiger partial charge is 0.174 e. The van der Waals surface area contributed by atoms with Gasteiger partial charge in [-0.15, -0.1) is 0 Å². The lowest BCUT2D eigenvalue weighted by molar-refractivity contribution is 0.759. The summed E-state index contributed by atoms with van der Waals surface area (Å²) in [6.07, 6.45) is 3.52. The summed E-state index contributed by atoms with van der Waals surface area (Å²) in [4.78, 5) is 0. The molecular weight excluding hydrogens is 99.5 g/mol.